The Morgan fingerprint density at radius 2 is 1.91 bits per heavy atom. The molecule has 0 amide bonds. The molecule has 3 rings (SSSR count). The molecule has 9 heteroatoms. The Morgan fingerprint density at radius 3 is 2.48 bits per heavy atom. The van der Waals surface area contributed by atoms with E-state index in [1.54, 1.807) is 0 Å². The van der Waals surface area contributed by atoms with Crippen LogP contribution in [-0.4, -0.2) is 62.9 Å². The smallest absolute Gasteiger partial charge is 0.243 e. The van der Waals surface area contributed by atoms with Crippen molar-refractivity contribution in [2.24, 2.45) is 0 Å². The maximum Gasteiger partial charge on any atom is 0.243 e. The lowest BCUT2D eigenvalue weighted by atomic mass is 10.2. The van der Waals surface area contributed by atoms with E-state index in [0.29, 0.717) is 19.1 Å². The first-order valence-electron chi connectivity index (χ1n) is 7.38. The van der Waals surface area contributed by atoms with Crippen molar-refractivity contribution in [1.29, 1.82) is 0 Å². The van der Waals surface area contributed by atoms with Crippen LogP contribution in [0.5, 0.6) is 0 Å². The SMILES string of the molecule is Cl.O=S(=O)(c1ccc(Br)c(F)c1)N1CCN(C2CCNC2)CC1. The maximum atomic E-state index is 13.6. The van der Waals surface area contributed by atoms with Crippen LogP contribution in [0.1, 0.15) is 6.42 Å². The molecule has 1 unspecified atom stereocenters. The molecule has 23 heavy (non-hydrogen) atoms. The molecule has 5 nitrogen and oxygen atoms in total. The van der Waals surface area contributed by atoms with E-state index in [0.717, 1.165) is 38.7 Å². The first-order valence-corrected chi connectivity index (χ1v) is 9.62. The van der Waals surface area contributed by atoms with Crippen molar-refractivity contribution in [3.63, 3.8) is 0 Å². The normalized spacial score (nSPS) is 23.7. The summed E-state index contributed by atoms with van der Waals surface area (Å²) in [6.45, 7) is 4.37. The lowest BCUT2D eigenvalue weighted by Crippen LogP contribution is -2.52. The van der Waals surface area contributed by atoms with Gasteiger partial charge in [-0.25, -0.2) is 12.8 Å². The average molecular weight is 429 g/mol. The fourth-order valence-corrected chi connectivity index (χ4v) is 4.73. The number of piperazine rings is 1. The van der Waals surface area contributed by atoms with Crippen LogP contribution in [0.4, 0.5) is 4.39 Å². The van der Waals surface area contributed by atoms with Gasteiger partial charge in [0.2, 0.25) is 10.0 Å². The summed E-state index contributed by atoms with van der Waals surface area (Å²) in [6, 6.07) is 4.46. The molecular weight excluding hydrogens is 409 g/mol. The predicted molar refractivity (Wildman–Crippen MR) is 93.0 cm³/mol. The van der Waals surface area contributed by atoms with Gasteiger partial charge in [0.15, 0.2) is 0 Å². The number of hydrogen-bond donors (Lipinski definition) is 1. The van der Waals surface area contributed by atoms with Crippen LogP contribution in [-0.2, 0) is 10.0 Å². The third-order valence-corrected chi connectivity index (χ3v) is 6.89. The maximum absolute atomic E-state index is 13.6. The molecule has 1 aromatic rings. The zero-order chi connectivity index (χ0) is 15.7. The number of halogens is 3. The van der Waals surface area contributed by atoms with E-state index in [1.165, 1.54) is 16.4 Å². The molecule has 2 aliphatic rings. The van der Waals surface area contributed by atoms with Gasteiger partial charge in [0.25, 0.3) is 0 Å². The average Bonchev–Trinajstić information content (AvgIpc) is 3.04. The lowest BCUT2D eigenvalue weighted by molar-refractivity contribution is 0.145. The summed E-state index contributed by atoms with van der Waals surface area (Å²) in [5.41, 5.74) is 0. The highest BCUT2D eigenvalue weighted by atomic mass is 79.9. The fraction of sp³-hybridized carbons (Fsp3) is 0.571. The molecule has 2 aliphatic heterocycles. The van der Waals surface area contributed by atoms with Crippen LogP contribution in [0.15, 0.2) is 27.6 Å². The van der Waals surface area contributed by atoms with Gasteiger partial charge in [0, 0.05) is 38.8 Å². The van der Waals surface area contributed by atoms with Gasteiger partial charge in [-0.3, -0.25) is 4.90 Å². The first kappa shape index (κ1) is 19.1. The summed E-state index contributed by atoms with van der Waals surface area (Å²) in [5.74, 6) is -0.559. The number of benzene rings is 1. The minimum atomic E-state index is -3.62. The van der Waals surface area contributed by atoms with Crippen LogP contribution in [0.2, 0.25) is 0 Å². The van der Waals surface area contributed by atoms with Crippen molar-refractivity contribution in [3.05, 3.63) is 28.5 Å². The third-order valence-electron chi connectivity index (χ3n) is 4.35. The summed E-state index contributed by atoms with van der Waals surface area (Å²) in [4.78, 5) is 2.36. The molecule has 0 radical (unpaired) electrons. The second-order valence-electron chi connectivity index (χ2n) is 5.66. The van der Waals surface area contributed by atoms with Crippen LogP contribution in [0.25, 0.3) is 0 Å². The summed E-state index contributed by atoms with van der Waals surface area (Å²) >= 11 is 3.04. The highest BCUT2D eigenvalue weighted by Crippen LogP contribution is 2.23. The lowest BCUT2D eigenvalue weighted by Gasteiger charge is -2.37. The minimum Gasteiger partial charge on any atom is -0.315 e. The van der Waals surface area contributed by atoms with Crippen molar-refractivity contribution < 1.29 is 12.8 Å². The van der Waals surface area contributed by atoms with Gasteiger partial charge in [-0.2, -0.15) is 4.31 Å². The topological polar surface area (TPSA) is 52.7 Å². The number of nitrogens with zero attached hydrogens (tertiary/aromatic N) is 2. The van der Waals surface area contributed by atoms with Gasteiger partial charge >= 0.3 is 0 Å². The van der Waals surface area contributed by atoms with E-state index in [2.05, 4.69) is 26.1 Å². The van der Waals surface area contributed by atoms with Crippen molar-refractivity contribution in [3.8, 4) is 0 Å². The van der Waals surface area contributed by atoms with E-state index >= 15 is 0 Å². The Bertz CT molecular complexity index is 647. The standard InChI is InChI=1S/C14H19BrFN3O2S.ClH/c15-13-2-1-12(9-14(13)16)22(20,21)19-7-5-18(6-8-19)11-3-4-17-10-11;/h1-2,9,11,17H,3-8,10H2;1H. The van der Waals surface area contributed by atoms with Gasteiger partial charge in [-0.1, -0.05) is 0 Å². The third kappa shape index (κ3) is 4.05. The molecule has 0 aliphatic carbocycles. The van der Waals surface area contributed by atoms with Crippen LogP contribution in [0.3, 0.4) is 0 Å². The Labute approximate surface area is 150 Å². The number of rotatable bonds is 3. The number of sulfonamides is 1. The van der Waals surface area contributed by atoms with Crippen molar-refractivity contribution in [1.82, 2.24) is 14.5 Å². The Kier molecular flexibility index (Phi) is 6.43. The van der Waals surface area contributed by atoms with Crippen LogP contribution in [0, 0.1) is 5.82 Å². The van der Waals surface area contributed by atoms with Crippen molar-refractivity contribution in [2.75, 3.05) is 39.3 Å². The van der Waals surface area contributed by atoms with Crippen LogP contribution < -0.4 is 5.32 Å². The summed E-state index contributed by atoms with van der Waals surface area (Å²) in [7, 11) is -3.62. The summed E-state index contributed by atoms with van der Waals surface area (Å²) in [5, 5.41) is 3.33. The monoisotopic (exact) mass is 427 g/mol. The predicted octanol–water partition coefficient (Wildman–Crippen LogP) is 1.68. The minimum absolute atomic E-state index is 0. The van der Waals surface area contributed by atoms with Gasteiger partial charge in [0.05, 0.1) is 9.37 Å². The van der Waals surface area contributed by atoms with Crippen molar-refractivity contribution in [2.45, 2.75) is 17.4 Å². The fourth-order valence-electron chi connectivity index (χ4n) is 3.05. The number of nitrogens with one attached hydrogen (secondary N) is 1. The van der Waals surface area contributed by atoms with E-state index in [1.807, 2.05) is 0 Å². The molecule has 0 spiro atoms. The quantitative estimate of drug-likeness (QED) is 0.796. The Hall–Kier alpha value is -0.250. The highest BCUT2D eigenvalue weighted by molar-refractivity contribution is 9.10. The molecular formula is C14H20BrClFN3O2S. The largest absolute Gasteiger partial charge is 0.315 e. The zero-order valence-electron chi connectivity index (χ0n) is 12.5. The molecule has 2 saturated heterocycles. The molecule has 1 N–H and O–H groups in total. The molecule has 0 aromatic heterocycles. The summed E-state index contributed by atoms with van der Waals surface area (Å²) < 4.78 is 40.5. The molecule has 2 fully saturated rings. The van der Waals surface area contributed by atoms with E-state index in [4.69, 9.17) is 0 Å². The second kappa shape index (κ2) is 7.76. The van der Waals surface area contributed by atoms with Crippen LogP contribution >= 0.6 is 28.3 Å². The molecule has 0 saturated carbocycles. The highest BCUT2D eigenvalue weighted by Gasteiger charge is 2.32. The molecule has 1 aromatic carbocycles. The van der Waals surface area contributed by atoms with E-state index in [9.17, 15) is 12.8 Å². The van der Waals surface area contributed by atoms with Gasteiger partial charge in [-0.05, 0) is 47.1 Å². The first-order chi connectivity index (χ1) is 10.5. The van der Waals surface area contributed by atoms with E-state index < -0.39 is 15.8 Å². The number of hydrogen-bond acceptors (Lipinski definition) is 4. The molecule has 2 heterocycles. The van der Waals surface area contributed by atoms with E-state index in [-0.39, 0.29) is 21.8 Å². The second-order valence-corrected chi connectivity index (χ2v) is 8.45. The molecule has 130 valence electrons. The van der Waals surface area contributed by atoms with Gasteiger partial charge < -0.3 is 5.32 Å². The van der Waals surface area contributed by atoms with Crippen molar-refractivity contribution >= 4 is 38.4 Å². The Morgan fingerprint density at radius 1 is 1.22 bits per heavy atom. The Balaban J connectivity index is 0.00000192. The van der Waals surface area contributed by atoms with Gasteiger partial charge in [-0.15, -0.1) is 12.4 Å². The zero-order valence-corrected chi connectivity index (χ0v) is 15.8. The summed E-state index contributed by atoms with van der Waals surface area (Å²) in [6.07, 6.45) is 1.12. The molecule has 0 bridgehead atoms. The van der Waals surface area contributed by atoms with Gasteiger partial charge in [0.1, 0.15) is 5.82 Å². The molecule has 1 atom stereocenters.